The molecule has 0 bridgehead atoms. The fourth-order valence-corrected chi connectivity index (χ4v) is 3.90. The van der Waals surface area contributed by atoms with Crippen molar-refractivity contribution in [2.75, 3.05) is 19.0 Å². The number of hydrogen-bond donors (Lipinski definition) is 2. The number of aryl methyl sites for hydroxylation is 1. The van der Waals surface area contributed by atoms with E-state index in [1.807, 2.05) is 17.6 Å². The Morgan fingerprint density at radius 3 is 2.78 bits per heavy atom. The molecule has 4 rings (SSSR count). The summed E-state index contributed by atoms with van der Waals surface area (Å²) in [4.78, 5) is 22.6. The number of pyridine rings is 1. The minimum absolute atomic E-state index is 0.00485. The minimum atomic E-state index is -0.0434. The van der Waals surface area contributed by atoms with Crippen LogP contribution >= 0.6 is 0 Å². The number of fused-ring (bicyclic) bond motifs is 1. The number of anilines is 1. The van der Waals surface area contributed by atoms with Crippen LogP contribution in [0.4, 0.5) is 5.95 Å². The smallest absolute Gasteiger partial charge is 0.260 e. The number of aromatic nitrogens is 5. The topological polar surface area (TPSA) is 97.9 Å². The maximum Gasteiger partial charge on any atom is 0.260 e. The van der Waals surface area contributed by atoms with Gasteiger partial charge < -0.3 is 10.4 Å². The van der Waals surface area contributed by atoms with Crippen LogP contribution < -0.4 is 10.9 Å². The summed E-state index contributed by atoms with van der Waals surface area (Å²) in [5.41, 5.74) is 2.83. The van der Waals surface area contributed by atoms with Crippen molar-refractivity contribution in [3.8, 4) is 11.1 Å². The highest BCUT2D eigenvalue weighted by Gasteiger charge is 2.24. The second-order valence-corrected chi connectivity index (χ2v) is 7.01. The van der Waals surface area contributed by atoms with E-state index in [9.17, 15) is 4.79 Å². The molecular weight excluding hydrogens is 344 g/mol. The van der Waals surface area contributed by atoms with Crippen LogP contribution in [0.3, 0.4) is 0 Å². The summed E-state index contributed by atoms with van der Waals surface area (Å²) >= 11 is 0. The van der Waals surface area contributed by atoms with Gasteiger partial charge in [-0.2, -0.15) is 10.1 Å². The molecule has 0 aromatic carbocycles. The van der Waals surface area contributed by atoms with E-state index in [0.717, 1.165) is 42.3 Å². The molecule has 0 radical (unpaired) electrons. The highest BCUT2D eigenvalue weighted by atomic mass is 16.3. The Kier molecular flexibility index (Phi) is 4.65. The molecule has 1 aliphatic rings. The molecule has 1 saturated carbocycles. The van der Waals surface area contributed by atoms with Crippen LogP contribution in [-0.2, 0) is 6.54 Å². The van der Waals surface area contributed by atoms with Gasteiger partial charge in [0.25, 0.3) is 5.56 Å². The molecule has 0 aliphatic heterocycles. The summed E-state index contributed by atoms with van der Waals surface area (Å²) in [7, 11) is 1.78. The average molecular weight is 368 g/mol. The largest absolute Gasteiger partial charge is 0.394 e. The fraction of sp³-hybridized carbons (Fsp3) is 0.474. The standard InChI is InChI=1S/C19H24N6O2/c1-12-15-9-16(13-10-21-24(11-13)7-8-26)18(27)25(14-5-3-4-6-14)17(15)23-19(20-2)22-12/h9-11,14,26H,3-8H2,1-2H3,(H,20,22,23). The van der Waals surface area contributed by atoms with E-state index in [1.54, 1.807) is 24.1 Å². The molecule has 2 N–H and O–H groups in total. The van der Waals surface area contributed by atoms with Gasteiger partial charge in [-0.15, -0.1) is 0 Å². The summed E-state index contributed by atoms with van der Waals surface area (Å²) in [5.74, 6) is 0.523. The molecule has 0 saturated heterocycles. The minimum Gasteiger partial charge on any atom is -0.394 e. The van der Waals surface area contributed by atoms with Gasteiger partial charge in [-0.3, -0.25) is 14.0 Å². The molecule has 3 aromatic heterocycles. The first-order valence-corrected chi connectivity index (χ1v) is 9.37. The van der Waals surface area contributed by atoms with E-state index >= 15 is 0 Å². The first-order chi connectivity index (χ1) is 13.1. The number of nitrogens with zero attached hydrogens (tertiary/aromatic N) is 5. The highest BCUT2D eigenvalue weighted by Crippen LogP contribution is 2.32. The van der Waals surface area contributed by atoms with Crippen molar-refractivity contribution in [3.63, 3.8) is 0 Å². The Morgan fingerprint density at radius 1 is 1.30 bits per heavy atom. The first-order valence-electron chi connectivity index (χ1n) is 9.37. The van der Waals surface area contributed by atoms with Crippen molar-refractivity contribution in [1.29, 1.82) is 0 Å². The molecule has 27 heavy (non-hydrogen) atoms. The predicted octanol–water partition coefficient (Wildman–Crippen LogP) is 2.11. The normalized spacial score (nSPS) is 14.9. The maximum absolute atomic E-state index is 13.4. The zero-order valence-corrected chi connectivity index (χ0v) is 15.6. The molecular formula is C19H24N6O2. The monoisotopic (exact) mass is 368 g/mol. The second-order valence-electron chi connectivity index (χ2n) is 7.01. The van der Waals surface area contributed by atoms with Gasteiger partial charge in [0, 0.05) is 30.2 Å². The lowest BCUT2D eigenvalue weighted by molar-refractivity contribution is 0.269. The Balaban J connectivity index is 1.98. The van der Waals surface area contributed by atoms with Crippen LogP contribution in [0.25, 0.3) is 22.2 Å². The van der Waals surface area contributed by atoms with Gasteiger partial charge in [0.05, 0.1) is 30.6 Å². The number of rotatable bonds is 5. The third-order valence-corrected chi connectivity index (χ3v) is 5.27. The van der Waals surface area contributed by atoms with E-state index in [1.165, 1.54) is 0 Å². The van der Waals surface area contributed by atoms with Crippen molar-refractivity contribution in [2.45, 2.75) is 45.2 Å². The predicted molar refractivity (Wildman–Crippen MR) is 104 cm³/mol. The van der Waals surface area contributed by atoms with E-state index in [-0.39, 0.29) is 18.2 Å². The third-order valence-electron chi connectivity index (χ3n) is 5.27. The van der Waals surface area contributed by atoms with E-state index in [2.05, 4.69) is 20.4 Å². The molecule has 3 heterocycles. The fourth-order valence-electron chi connectivity index (χ4n) is 3.90. The van der Waals surface area contributed by atoms with Crippen LogP contribution in [0, 0.1) is 6.92 Å². The molecule has 0 spiro atoms. The van der Waals surface area contributed by atoms with Gasteiger partial charge in [0.1, 0.15) is 5.65 Å². The van der Waals surface area contributed by atoms with Crippen LogP contribution in [0.1, 0.15) is 37.4 Å². The molecule has 1 aliphatic carbocycles. The molecule has 142 valence electrons. The van der Waals surface area contributed by atoms with Crippen LogP contribution in [0.15, 0.2) is 23.3 Å². The maximum atomic E-state index is 13.4. The van der Waals surface area contributed by atoms with Crippen LogP contribution in [-0.4, -0.2) is 43.1 Å². The lowest BCUT2D eigenvalue weighted by atomic mass is 10.1. The zero-order chi connectivity index (χ0) is 19.0. The van der Waals surface area contributed by atoms with Gasteiger partial charge in [0.2, 0.25) is 5.95 Å². The number of aliphatic hydroxyl groups is 1. The highest BCUT2D eigenvalue weighted by molar-refractivity contribution is 5.84. The number of hydrogen-bond acceptors (Lipinski definition) is 6. The van der Waals surface area contributed by atoms with E-state index < -0.39 is 0 Å². The van der Waals surface area contributed by atoms with Crippen molar-refractivity contribution in [1.82, 2.24) is 24.3 Å². The number of nitrogens with one attached hydrogen (secondary N) is 1. The molecule has 1 fully saturated rings. The summed E-state index contributed by atoms with van der Waals surface area (Å²) in [6, 6.07) is 2.03. The first kappa shape index (κ1) is 17.7. The Morgan fingerprint density at radius 2 is 2.07 bits per heavy atom. The van der Waals surface area contributed by atoms with E-state index in [0.29, 0.717) is 23.7 Å². The Bertz CT molecular complexity index is 1030. The Labute approximate surface area is 156 Å². The van der Waals surface area contributed by atoms with Gasteiger partial charge in [0.15, 0.2) is 0 Å². The van der Waals surface area contributed by atoms with Crippen LogP contribution in [0.2, 0.25) is 0 Å². The van der Waals surface area contributed by atoms with Crippen molar-refractivity contribution < 1.29 is 5.11 Å². The lowest BCUT2D eigenvalue weighted by Crippen LogP contribution is -2.26. The summed E-state index contributed by atoms with van der Waals surface area (Å²) < 4.78 is 3.50. The lowest BCUT2D eigenvalue weighted by Gasteiger charge is -2.18. The molecule has 0 amide bonds. The second kappa shape index (κ2) is 7.11. The van der Waals surface area contributed by atoms with Gasteiger partial charge in [-0.25, -0.2) is 4.98 Å². The Hall–Kier alpha value is -2.74. The zero-order valence-electron chi connectivity index (χ0n) is 15.6. The molecule has 3 aromatic rings. The van der Waals surface area contributed by atoms with E-state index in [4.69, 9.17) is 5.11 Å². The SMILES string of the molecule is CNc1nc(C)c2cc(-c3cnn(CCO)c3)c(=O)n(C3CCCC3)c2n1. The van der Waals surface area contributed by atoms with Crippen molar-refractivity contribution in [2.24, 2.45) is 0 Å². The van der Waals surface area contributed by atoms with Crippen molar-refractivity contribution in [3.05, 3.63) is 34.5 Å². The van der Waals surface area contributed by atoms with Gasteiger partial charge in [-0.1, -0.05) is 12.8 Å². The summed E-state index contributed by atoms with van der Waals surface area (Å²) in [6.45, 7) is 2.34. The van der Waals surface area contributed by atoms with Crippen molar-refractivity contribution >= 4 is 17.0 Å². The summed E-state index contributed by atoms with van der Waals surface area (Å²) in [6.07, 6.45) is 7.70. The third kappa shape index (κ3) is 3.10. The van der Waals surface area contributed by atoms with Gasteiger partial charge >= 0.3 is 0 Å². The molecule has 8 nitrogen and oxygen atoms in total. The molecule has 8 heteroatoms. The summed E-state index contributed by atoms with van der Waals surface area (Å²) in [5, 5.41) is 17.2. The average Bonchev–Trinajstić information content (AvgIpc) is 3.33. The number of aliphatic hydroxyl groups excluding tert-OH is 1. The quantitative estimate of drug-likeness (QED) is 0.716. The van der Waals surface area contributed by atoms with Gasteiger partial charge in [-0.05, 0) is 25.8 Å². The molecule has 0 atom stereocenters. The van der Waals surface area contributed by atoms with Crippen LogP contribution in [0.5, 0.6) is 0 Å². The molecule has 0 unspecified atom stereocenters.